The summed E-state index contributed by atoms with van der Waals surface area (Å²) in [7, 11) is 0. The number of hydrogen-bond donors (Lipinski definition) is 2. The predicted molar refractivity (Wildman–Crippen MR) is 62.4 cm³/mol. The lowest BCUT2D eigenvalue weighted by molar-refractivity contribution is -0.133. The van der Waals surface area contributed by atoms with Crippen molar-refractivity contribution in [2.24, 2.45) is 11.8 Å². The van der Waals surface area contributed by atoms with Gasteiger partial charge in [-0.3, -0.25) is 5.32 Å². The number of alkyl carbamates (subject to hydrolysis) is 1. The average molecular weight is 241 g/mol. The van der Waals surface area contributed by atoms with Crippen molar-refractivity contribution in [1.29, 1.82) is 0 Å². The predicted octanol–water partition coefficient (Wildman–Crippen LogP) is 2.14. The molecule has 0 heterocycles. The Kier molecular flexibility index (Phi) is 3.80. The van der Waals surface area contributed by atoms with E-state index in [-0.39, 0.29) is 11.6 Å². The van der Waals surface area contributed by atoms with Gasteiger partial charge in [0.1, 0.15) is 11.3 Å². The Morgan fingerprint density at radius 3 is 2.29 bits per heavy atom. The molecular formula is C12H19NO4. The zero-order valence-electron chi connectivity index (χ0n) is 10.6. The smallest absolute Gasteiger partial charge is 0.412 e. The molecule has 0 aromatic carbocycles. The number of amides is 1. The molecule has 1 fully saturated rings. The Morgan fingerprint density at radius 2 is 1.94 bits per heavy atom. The standard InChI is InChI=1S/C12H19NO4/c1-7-5-8(7)6-9(10(14)15)13-11(16)17-12(2,3)4/h6-8H,5H2,1-4H3,(H,13,16)(H,14,15)/b9-6+/t7-,8+/m0/s1. The molecule has 96 valence electrons. The van der Waals surface area contributed by atoms with Crippen molar-refractivity contribution in [3.8, 4) is 0 Å². The van der Waals surface area contributed by atoms with E-state index >= 15 is 0 Å². The number of hydrogen-bond acceptors (Lipinski definition) is 3. The van der Waals surface area contributed by atoms with E-state index in [1.165, 1.54) is 0 Å². The van der Waals surface area contributed by atoms with E-state index in [0.29, 0.717) is 5.92 Å². The van der Waals surface area contributed by atoms with Crippen molar-refractivity contribution in [3.05, 3.63) is 11.8 Å². The van der Waals surface area contributed by atoms with Crippen molar-refractivity contribution in [2.45, 2.75) is 39.7 Å². The Hall–Kier alpha value is -1.52. The van der Waals surface area contributed by atoms with Gasteiger partial charge in [0.15, 0.2) is 0 Å². The number of nitrogens with one attached hydrogen (secondary N) is 1. The van der Waals surface area contributed by atoms with E-state index in [1.54, 1.807) is 26.8 Å². The van der Waals surface area contributed by atoms with Gasteiger partial charge in [-0.15, -0.1) is 0 Å². The number of carbonyl (C=O) groups excluding carboxylic acids is 1. The third-order valence-corrected chi connectivity index (χ3v) is 2.42. The highest BCUT2D eigenvalue weighted by Gasteiger charge is 2.32. The van der Waals surface area contributed by atoms with Crippen LogP contribution in [0.15, 0.2) is 11.8 Å². The molecule has 0 unspecified atom stereocenters. The summed E-state index contributed by atoms with van der Waals surface area (Å²) in [5.41, 5.74) is -0.741. The van der Waals surface area contributed by atoms with Crippen LogP contribution in [0, 0.1) is 11.8 Å². The van der Waals surface area contributed by atoms with Crippen molar-refractivity contribution in [3.63, 3.8) is 0 Å². The molecule has 0 bridgehead atoms. The molecule has 0 aromatic heterocycles. The zero-order valence-corrected chi connectivity index (χ0v) is 10.6. The van der Waals surface area contributed by atoms with Gasteiger partial charge in [-0.25, -0.2) is 9.59 Å². The van der Waals surface area contributed by atoms with Gasteiger partial charge in [0.05, 0.1) is 0 Å². The summed E-state index contributed by atoms with van der Waals surface area (Å²) in [6.45, 7) is 7.20. The minimum atomic E-state index is -1.14. The number of carboxylic acids is 1. The van der Waals surface area contributed by atoms with Crippen molar-refractivity contribution >= 4 is 12.1 Å². The van der Waals surface area contributed by atoms with E-state index in [2.05, 4.69) is 5.32 Å². The van der Waals surface area contributed by atoms with Gasteiger partial charge in [-0.1, -0.05) is 6.92 Å². The maximum absolute atomic E-state index is 11.4. The highest BCUT2D eigenvalue weighted by Crippen LogP contribution is 2.39. The maximum Gasteiger partial charge on any atom is 0.412 e. The Balaban J connectivity index is 2.59. The van der Waals surface area contributed by atoms with Crippen LogP contribution in [0.2, 0.25) is 0 Å². The number of carbonyl (C=O) groups is 2. The highest BCUT2D eigenvalue weighted by molar-refractivity contribution is 5.90. The third-order valence-electron chi connectivity index (χ3n) is 2.42. The highest BCUT2D eigenvalue weighted by atomic mass is 16.6. The molecule has 1 amide bonds. The van der Waals surface area contributed by atoms with Crippen molar-refractivity contribution in [2.75, 3.05) is 0 Å². The first-order valence-electron chi connectivity index (χ1n) is 5.64. The second kappa shape index (κ2) is 4.77. The fraction of sp³-hybridized carbons (Fsp3) is 0.667. The van der Waals surface area contributed by atoms with Gasteiger partial charge in [0.25, 0.3) is 0 Å². The summed E-state index contributed by atoms with van der Waals surface area (Å²) >= 11 is 0. The van der Waals surface area contributed by atoms with Crippen LogP contribution in [-0.2, 0) is 9.53 Å². The molecule has 5 heteroatoms. The van der Waals surface area contributed by atoms with Gasteiger partial charge in [-0.05, 0) is 45.1 Å². The Morgan fingerprint density at radius 1 is 1.41 bits per heavy atom. The van der Waals surface area contributed by atoms with Crippen molar-refractivity contribution in [1.82, 2.24) is 5.32 Å². The minimum absolute atomic E-state index is 0.103. The van der Waals surface area contributed by atoms with Gasteiger partial charge in [0, 0.05) is 0 Å². The number of aliphatic carboxylic acids is 1. The lowest BCUT2D eigenvalue weighted by Crippen LogP contribution is -2.34. The molecule has 0 aliphatic heterocycles. The van der Waals surface area contributed by atoms with E-state index in [1.807, 2.05) is 6.92 Å². The van der Waals surface area contributed by atoms with Crippen LogP contribution >= 0.6 is 0 Å². The van der Waals surface area contributed by atoms with Crippen LogP contribution in [0.3, 0.4) is 0 Å². The number of ether oxygens (including phenoxy) is 1. The summed E-state index contributed by atoms with van der Waals surface area (Å²) in [6, 6.07) is 0. The monoisotopic (exact) mass is 241 g/mol. The molecule has 0 saturated heterocycles. The average Bonchev–Trinajstić information content (AvgIpc) is 2.76. The molecule has 0 aromatic rings. The summed E-state index contributed by atoms with van der Waals surface area (Å²) in [4.78, 5) is 22.4. The number of carboxylic acid groups (broad SMARTS) is 1. The van der Waals surface area contributed by atoms with E-state index in [0.717, 1.165) is 6.42 Å². The second-order valence-electron chi connectivity index (χ2n) is 5.39. The molecule has 2 N–H and O–H groups in total. The van der Waals surface area contributed by atoms with E-state index in [4.69, 9.17) is 9.84 Å². The van der Waals surface area contributed by atoms with Crippen molar-refractivity contribution < 1.29 is 19.4 Å². The minimum Gasteiger partial charge on any atom is -0.477 e. The number of rotatable bonds is 3. The van der Waals surface area contributed by atoms with E-state index < -0.39 is 17.7 Å². The Bertz CT molecular complexity index is 354. The summed E-state index contributed by atoms with van der Waals surface area (Å²) in [5.74, 6) is -0.407. The summed E-state index contributed by atoms with van der Waals surface area (Å²) < 4.78 is 4.99. The molecule has 1 rings (SSSR count). The number of allylic oxidation sites excluding steroid dienone is 1. The SMILES string of the molecule is C[C@H]1C[C@@H]1/C=C(/NC(=O)OC(C)(C)C)C(=O)O. The first-order valence-corrected chi connectivity index (χ1v) is 5.64. The third kappa shape index (κ3) is 4.89. The molecular weight excluding hydrogens is 222 g/mol. The van der Waals surface area contributed by atoms with Gasteiger partial charge >= 0.3 is 12.1 Å². The van der Waals surface area contributed by atoms with Crippen LogP contribution in [0.5, 0.6) is 0 Å². The molecule has 0 spiro atoms. The molecule has 1 aliphatic rings. The molecule has 0 radical (unpaired) electrons. The second-order valence-corrected chi connectivity index (χ2v) is 5.39. The topological polar surface area (TPSA) is 75.6 Å². The Labute approximate surface area is 101 Å². The zero-order chi connectivity index (χ0) is 13.2. The maximum atomic E-state index is 11.4. The molecule has 1 saturated carbocycles. The van der Waals surface area contributed by atoms with Crippen LogP contribution in [0.1, 0.15) is 34.1 Å². The van der Waals surface area contributed by atoms with Crippen LogP contribution in [0.4, 0.5) is 4.79 Å². The molecule has 5 nitrogen and oxygen atoms in total. The van der Waals surface area contributed by atoms with Crippen LogP contribution in [0.25, 0.3) is 0 Å². The summed E-state index contributed by atoms with van der Waals surface area (Å²) in [6.07, 6.45) is 1.81. The fourth-order valence-electron chi connectivity index (χ4n) is 1.38. The van der Waals surface area contributed by atoms with Crippen LogP contribution in [-0.4, -0.2) is 22.8 Å². The van der Waals surface area contributed by atoms with Gasteiger partial charge in [-0.2, -0.15) is 0 Å². The molecule has 2 atom stereocenters. The van der Waals surface area contributed by atoms with Crippen LogP contribution < -0.4 is 5.32 Å². The molecule has 17 heavy (non-hydrogen) atoms. The first-order chi connectivity index (χ1) is 7.69. The lowest BCUT2D eigenvalue weighted by Gasteiger charge is -2.19. The summed E-state index contributed by atoms with van der Waals surface area (Å²) in [5, 5.41) is 11.2. The van der Waals surface area contributed by atoms with Gasteiger partial charge < -0.3 is 9.84 Å². The largest absolute Gasteiger partial charge is 0.477 e. The fourth-order valence-corrected chi connectivity index (χ4v) is 1.38. The molecule has 1 aliphatic carbocycles. The van der Waals surface area contributed by atoms with Gasteiger partial charge in [0.2, 0.25) is 0 Å². The van der Waals surface area contributed by atoms with E-state index in [9.17, 15) is 9.59 Å². The quantitative estimate of drug-likeness (QED) is 0.742. The normalized spacial score (nSPS) is 24.1. The first kappa shape index (κ1) is 13.5. The lowest BCUT2D eigenvalue weighted by atomic mass is 10.2.